The van der Waals surface area contributed by atoms with Crippen molar-refractivity contribution in [3.8, 4) is 55.9 Å². The Kier molecular flexibility index (Phi) is 11.7. The molecule has 4 heteroatoms. The first-order chi connectivity index (χ1) is 40.3. The van der Waals surface area contributed by atoms with Crippen LogP contribution in [0.2, 0.25) is 0 Å². The Balaban J connectivity index is 0.702. The third kappa shape index (κ3) is 8.56. The predicted octanol–water partition coefficient (Wildman–Crippen LogP) is 21.6. The van der Waals surface area contributed by atoms with E-state index in [9.17, 15) is 0 Å². The summed E-state index contributed by atoms with van der Waals surface area (Å²) in [6.45, 7) is 6.91. The lowest BCUT2D eigenvalue weighted by atomic mass is 9.81. The number of benzene rings is 13. The molecule has 0 amide bonds. The number of nitrogens with one attached hydrogen (secondary N) is 2. The molecule has 15 aromatic rings. The van der Waals surface area contributed by atoms with Gasteiger partial charge in [0.2, 0.25) is 0 Å². The van der Waals surface area contributed by atoms with Gasteiger partial charge >= 0.3 is 0 Å². The van der Waals surface area contributed by atoms with Crippen molar-refractivity contribution in [3.05, 3.63) is 291 Å². The largest absolute Gasteiger partial charge is 0.356 e. The van der Waals surface area contributed by atoms with Crippen molar-refractivity contribution in [2.45, 2.75) is 26.2 Å². The fourth-order valence-electron chi connectivity index (χ4n) is 12.5. The zero-order valence-electron chi connectivity index (χ0n) is 46.0. The molecule has 0 saturated carbocycles. The molecule has 0 radical (unpaired) electrons. The molecule has 2 heterocycles. The smallest absolute Gasteiger partial charge is 0.0541 e. The van der Waals surface area contributed by atoms with Crippen LogP contribution < -0.4 is 10.6 Å². The highest BCUT2D eigenvalue weighted by Crippen LogP contribution is 2.46. The minimum absolute atomic E-state index is 0.0283. The lowest BCUT2D eigenvalue weighted by Crippen LogP contribution is -2.10. The van der Waals surface area contributed by atoms with Gasteiger partial charge in [-0.25, -0.2) is 0 Å². The molecular weight excluding hydrogens is 993 g/mol. The second-order valence-electron chi connectivity index (χ2n) is 22.7. The molecule has 0 aliphatic carbocycles. The summed E-state index contributed by atoms with van der Waals surface area (Å²) in [6.07, 6.45) is 0. The van der Waals surface area contributed by atoms with Crippen molar-refractivity contribution >= 4 is 87.9 Å². The number of nitrogens with zero attached hydrogens (tertiary/aromatic N) is 2. The van der Waals surface area contributed by atoms with Crippen LogP contribution in [0.4, 0.5) is 22.7 Å². The van der Waals surface area contributed by atoms with Crippen molar-refractivity contribution in [2.75, 3.05) is 10.6 Å². The van der Waals surface area contributed by atoms with E-state index in [0.29, 0.717) is 0 Å². The van der Waals surface area contributed by atoms with Gasteiger partial charge in [-0.3, -0.25) is 0 Å². The van der Waals surface area contributed by atoms with Gasteiger partial charge in [-0.1, -0.05) is 191 Å². The molecule has 2 N–H and O–H groups in total. The maximum absolute atomic E-state index is 3.71. The molecule has 0 unspecified atom stereocenters. The Morgan fingerprint density at radius 2 is 0.573 bits per heavy atom. The van der Waals surface area contributed by atoms with Crippen LogP contribution >= 0.6 is 0 Å². The third-order valence-corrected chi connectivity index (χ3v) is 16.6. The Bertz CT molecular complexity index is 4890. The van der Waals surface area contributed by atoms with Crippen molar-refractivity contribution in [1.82, 2.24) is 9.13 Å². The van der Waals surface area contributed by atoms with Crippen molar-refractivity contribution in [3.63, 3.8) is 0 Å². The molecule has 0 aliphatic rings. The Hall–Kier alpha value is -10.4. The first kappa shape index (κ1) is 48.7. The number of rotatable bonds is 10. The van der Waals surface area contributed by atoms with E-state index in [1.54, 1.807) is 0 Å². The molecule has 390 valence electrons. The molecule has 0 spiro atoms. The van der Waals surface area contributed by atoms with E-state index in [1.807, 2.05) is 0 Å². The van der Waals surface area contributed by atoms with Gasteiger partial charge < -0.3 is 19.8 Å². The quantitative estimate of drug-likeness (QED) is 0.134. The second kappa shape index (κ2) is 19.7. The lowest BCUT2D eigenvalue weighted by Gasteiger charge is -2.23. The van der Waals surface area contributed by atoms with Crippen LogP contribution in [0.15, 0.2) is 285 Å². The molecular formula is C78H58N4. The maximum Gasteiger partial charge on any atom is 0.0541 e. The minimum Gasteiger partial charge on any atom is -0.356 e. The first-order valence-corrected chi connectivity index (χ1v) is 28.4. The van der Waals surface area contributed by atoms with Gasteiger partial charge in [0.15, 0.2) is 0 Å². The maximum atomic E-state index is 3.71. The SMILES string of the molecule is CC(C)(C)c1ccc2c(-c3ccc(Nc4ccc(-c5ccc6c(c5)c5ccccc5n6-c5ccccc5)cc4)cc3)c3ccccc3c(-c3ccc(Nc4ccc(-c5ccc6c(c5)c5ccccc5n6-c5ccccc5)cc4)cc3)c2c1. The molecule has 15 rings (SSSR count). The van der Waals surface area contributed by atoms with Crippen molar-refractivity contribution in [1.29, 1.82) is 0 Å². The van der Waals surface area contributed by atoms with E-state index < -0.39 is 0 Å². The fourth-order valence-corrected chi connectivity index (χ4v) is 12.5. The molecule has 0 fully saturated rings. The average Bonchev–Trinajstić information content (AvgIpc) is 2.30. The highest BCUT2D eigenvalue weighted by molar-refractivity contribution is 6.22. The Labute approximate surface area is 477 Å². The van der Waals surface area contributed by atoms with Crippen LogP contribution in [0.25, 0.3) is 121 Å². The van der Waals surface area contributed by atoms with E-state index in [1.165, 1.54) is 127 Å². The van der Waals surface area contributed by atoms with Crippen LogP contribution in [0.3, 0.4) is 0 Å². The number of fused-ring (bicyclic) bond motifs is 8. The van der Waals surface area contributed by atoms with Crippen LogP contribution in [0, 0.1) is 0 Å². The first-order valence-electron chi connectivity index (χ1n) is 28.4. The molecule has 2 aromatic heterocycles. The number of hydrogen-bond acceptors (Lipinski definition) is 2. The summed E-state index contributed by atoms with van der Waals surface area (Å²) in [5.74, 6) is 0. The molecule has 0 bridgehead atoms. The molecule has 4 nitrogen and oxygen atoms in total. The fraction of sp³-hybridized carbons (Fsp3) is 0.0513. The van der Waals surface area contributed by atoms with Crippen molar-refractivity contribution in [2.24, 2.45) is 0 Å². The summed E-state index contributed by atoms with van der Waals surface area (Å²) in [6, 6.07) is 104. The van der Waals surface area contributed by atoms with Crippen LogP contribution in [0.1, 0.15) is 26.3 Å². The predicted molar refractivity (Wildman–Crippen MR) is 350 cm³/mol. The molecule has 82 heavy (non-hydrogen) atoms. The molecule has 0 saturated heterocycles. The summed E-state index contributed by atoms with van der Waals surface area (Å²) in [4.78, 5) is 0. The summed E-state index contributed by atoms with van der Waals surface area (Å²) >= 11 is 0. The van der Waals surface area contributed by atoms with E-state index in [4.69, 9.17) is 0 Å². The van der Waals surface area contributed by atoms with E-state index in [-0.39, 0.29) is 5.41 Å². The second-order valence-corrected chi connectivity index (χ2v) is 22.7. The molecule has 0 aliphatic heterocycles. The van der Waals surface area contributed by atoms with Gasteiger partial charge in [-0.15, -0.1) is 0 Å². The molecule has 13 aromatic carbocycles. The van der Waals surface area contributed by atoms with Crippen LogP contribution in [-0.4, -0.2) is 9.13 Å². The van der Waals surface area contributed by atoms with E-state index in [2.05, 4.69) is 326 Å². The number of anilines is 4. The summed E-state index contributed by atoms with van der Waals surface area (Å²) < 4.78 is 4.73. The highest BCUT2D eigenvalue weighted by atomic mass is 15.0. The summed E-state index contributed by atoms with van der Waals surface area (Å²) in [5.41, 5.74) is 22.2. The third-order valence-electron chi connectivity index (χ3n) is 16.6. The van der Waals surface area contributed by atoms with Gasteiger partial charge in [0.05, 0.1) is 22.1 Å². The van der Waals surface area contributed by atoms with E-state index in [0.717, 1.165) is 22.7 Å². The van der Waals surface area contributed by atoms with Crippen molar-refractivity contribution < 1.29 is 0 Å². The minimum atomic E-state index is -0.0283. The van der Waals surface area contributed by atoms with Crippen LogP contribution in [-0.2, 0) is 5.41 Å². The standard InChI is InChI=1S/C78H58N4/c1-78(2,3)57-36-45-68-71(50-57)77(54-32-43-61(44-33-54)80-59-39-28-52(29-40-59)56-35-47-75-70(49-56)65-21-13-15-25-73(65)82(75)63-18-8-5-9-19-63)67-23-11-10-22-66(67)76(68)53-30-41-60(42-31-53)79-58-37-26-51(27-38-58)55-34-46-74-69(48-55)64-20-12-14-24-72(64)81(74)62-16-6-4-7-17-62/h4-50,79-80H,1-3H3. The number of hydrogen-bond donors (Lipinski definition) is 2. The van der Waals surface area contributed by atoms with Gasteiger partial charge in [0.1, 0.15) is 0 Å². The van der Waals surface area contributed by atoms with Gasteiger partial charge in [-0.05, 0) is 192 Å². The zero-order valence-corrected chi connectivity index (χ0v) is 46.0. The summed E-state index contributed by atoms with van der Waals surface area (Å²) in [5, 5.41) is 17.4. The normalized spacial score (nSPS) is 11.8. The zero-order chi connectivity index (χ0) is 54.9. The monoisotopic (exact) mass is 1050 g/mol. The van der Waals surface area contributed by atoms with Gasteiger partial charge in [0.25, 0.3) is 0 Å². The molecule has 0 atom stereocenters. The topological polar surface area (TPSA) is 33.9 Å². The number of aromatic nitrogens is 2. The highest BCUT2D eigenvalue weighted by Gasteiger charge is 2.22. The summed E-state index contributed by atoms with van der Waals surface area (Å²) in [7, 11) is 0. The van der Waals surface area contributed by atoms with Gasteiger partial charge in [-0.2, -0.15) is 0 Å². The van der Waals surface area contributed by atoms with E-state index >= 15 is 0 Å². The Morgan fingerprint density at radius 3 is 0.988 bits per heavy atom. The lowest BCUT2D eigenvalue weighted by molar-refractivity contribution is 0.591. The van der Waals surface area contributed by atoms with Gasteiger partial charge in [0, 0.05) is 55.7 Å². The van der Waals surface area contributed by atoms with Crippen LogP contribution in [0.5, 0.6) is 0 Å². The Morgan fingerprint density at radius 1 is 0.244 bits per heavy atom. The average molecular weight is 1050 g/mol. The number of para-hydroxylation sites is 4.